The molecule has 0 unspecified atom stereocenters. The van der Waals surface area contributed by atoms with Crippen LogP contribution in [-0.2, 0) is 10.0 Å². The summed E-state index contributed by atoms with van der Waals surface area (Å²) in [7, 11) is -3.57. The number of benzene rings is 1. The molecule has 0 amide bonds. The van der Waals surface area contributed by atoms with E-state index in [-0.39, 0.29) is 4.90 Å². The Balaban J connectivity index is 1.69. The zero-order chi connectivity index (χ0) is 16.3. The normalized spacial score (nSPS) is 16.7. The van der Waals surface area contributed by atoms with E-state index in [2.05, 4.69) is 14.9 Å². The Hall–Kier alpha value is -1.74. The van der Waals surface area contributed by atoms with Gasteiger partial charge in [0.25, 0.3) is 0 Å². The SMILES string of the molecule is O=c1ccc2cc(S(=O)(=O)NCCN3CCNCC3)ccc2o1. The van der Waals surface area contributed by atoms with Gasteiger partial charge >= 0.3 is 5.63 Å². The topological polar surface area (TPSA) is 91.7 Å². The Kier molecular flexibility index (Phi) is 4.76. The van der Waals surface area contributed by atoms with Gasteiger partial charge in [0.15, 0.2) is 0 Å². The van der Waals surface area contributed by atoms with Crippen molar-refractivity contribution in [2.75, 3.05) is 39.3 Å². The van der Waals surface area contributed by atoms with E-state index in [0.717, 1.165) is 26.2 Å². The number of nitrogens with one attached hydrogen (secondary N) is 2. The van der Waals surface area contributed by atoms with Crippen LogP contribution in [0.25, 0.3) is 11.0 Å². The van der Waals surface area contributed by atoms with Crippen LogP contribution in [0.5, 0.6) is 0 Å². The summed E-state index contributed by atoms with van der Waals surface area (Å²) in [5.41, 5.74) is -0.0838. The molecular formula is C15H19N3O4S. The molecule has 8 heteroatoms. The second-order valence-corrected chi connectivity index (χ2v) is 7.21. The number of hydrogen-bond acceptors (Lipinski definition) is 6. The van der Waals surface area contributed by atoms with Gasteiger partial charge in [0.05, 0.1) is 4.90 Å². The predicted octanol–water partition coefficient (Wildman–Crippen LogP) is -0.0235. The number of sulfonamides is 1. The van der Waals surface area contributed by atoms with E-state index in [0.29, 0.717) is 24.1 Å². The van der Waals surface area contributed by atoms with E-state index in [9.17, 15) is 13.2 Å². The molecule has 2 aromatic rings. The van der Waals surface area contributed by atoms with E-state index < -0.39 is 15.6 Å². The van der Waals surface area contributed by atoms with Crippen molar-refractivity contribution >= 4 is 21.0 Å². The Labute approximate surface area is 134 Å². The summed E-state index contributed by atoms with van der Waals surface area (Å²) >= 11 is 0. The molecule has 7 nitrogen and oxygen atoms in total. The maximum atomic E-state index is 12.4. The van der Waals surface area contributed by atoms with Crippen LogP contribution >= 0.6 is 0 Å². The third-order valence-electron chi connectivity index (χ3n) is 3.83. The summed E-state index contributed by atoms with van der Waals surface area (Å²) in [5.74, 6) is 0. The number of piperazine rings is 1. The van der Waals surface area contributed by atoms with E-state index in [4.69, 9.17) is 4.42 Å². The van der Waals surface area contributed by atoms with Crippen molar-refractivity contribution in [1.29, 1.82) is 0 Å². The Bertz CT molecular complexity index is 841. The molecule has 2 N–H and O–H groups in total. The summed E-state index contributed by atoms with van der Waals surface area (Å²) in [6, 6.07) is 7.28. The fourth-order valence-electron chi connectivity index (χ4n) is 2.57. The monoisotopic (exact) mass is 337 g/mol. The number of hydrogen-bond donors (Lipinski definition) is 2. The van der Waals surface area contributed by atoms with Crippen LogP contribution < -0.4 is 15.7 Å². The molecule has 0 atom stereocenters. The minimum atomic E-state index is -3.57. The van der Waals surface area contributed by atoms with Crippen molar-refractivity contribution in [3.63, 3.8) is 0 Å². The van der Waals surface area contributed by atoms with Crippen molar-refractivity contribution in [3.05, 3.63) is 40.8 Å². The highest BCUT2D eigenvalue weighted by atomic mass is 32.2. The molecular weight excluding hydrogens is 318 g/mol. The number of rotatable bonds is 5. The smallest absolute Gasteiger partial charge is 0.336 e. The molecule has 0 bridgehead atoms. The maximum Gasteiger partial charge on any atom is 0.336 e. The van der Waals surface area contributed by atoms with Gasteiger partial charge < -0.3 is 9.73 Å². The highest BCUT2D eigenvalue weighted by molar-refractivity contribution is 7.89. The first-order valence-corrected chi connectivity index (χ1v) is 9.00. The fourth-order valence-corrected chi connectivity index (χ4v) is 3.63. The lowest BCUT2D eigenvalue weighted by Gasteiger charge is -2.27. The first-order valence-electron chi connectivity index (χ1n) is 7.51. The summed E-state index contributed by atoms with van der Waals surface area (Å²) in [5, 5.41) is 3.84. The molecule has 0 spiro atoms. The van der Waals surface area contributed by atoms with Gasteiger partial charge in [-0.1, -0.05) is 0 Å². The Morgan fingerprint density at radius 1 is 1.17 bits per heavy atom. The van der Waals surface area contributed by atoms with Gasteiger partial charge in [-0.2, -0.15) is 0 Å². The van der Waals surface area contributed by atoms with Crippen molar-refractivity contribution in [3.8, 4) is 0 Å². The van der Waals surface area contributed by atoms with Gasteiger partial charge in [0.1, 0.15) is 5.58 Å². The molecule has 1 aromatic carbocycles. The molecule has 1 fully saturated rings. The molecule has 1 saturated heterocycles. The van der Waals surface area contributed by atoms with E-state index in [1.165, 1.54) is 24.3 Å². The van der Waals surface area contributed by atoms with Gasteiger partial charge in [0.2, 0.25) is 10.0 Å². The second-order valence-electron chi connectivity index (χ2n) is 5.44. The average Bonchev–Trinajstić information content (AvgIpc) is 2.55. The van der Waals surface area contributed by atoms with Crippen LogP contribution in [0.3, 0.4) is 0 Å². The first kappa shape index (κ1) is 16.1. The van der Waals surface area contributed by atoms with Crippen molar-refractivity contribution in [2.24, 2.45) is 0 Å². The van der Waals surface area contributed by atoms with Crippen LogP contribution in [-0.4, -0.2) is 52.6 Å². The molecule has 0 radical (unpaired) electrons. The summed E-state index contributed by atoms with van der Waals surface area (Å²) in [4.78, 5) is 13.5. The number of nitrogens with zero attached hydrogens (tertiary/aromatic N) is 1. The van der Waals surface area contributed by atoms with Crippen molar-refractivity contribution in [1.82, 2.24) is 14.9 Å². The van der Waals surface area contributed by atoms with E-state index in [1.807, 2.05) is 0 Å². The quantitative estimate of drug-likeness (QED) is 0.745. The van der Waals surface area contributed by atoms with Crippen LogP contribution in [0.2, 0.25) is 0 Å². The summed E-state index contributed by atoms with van der Waals surface area (Å²) in [6.07, 6.45) is 0. The van der Waals surface area contributed by atoms with Gasteiger partial charge in [-0.3, -0.25) is 4.90 Å². The first-order chi connectivity index (χ1) is 11.0. The molecule has 2 heterocycles. The Morgan fingerprint density at radius 2 is 1.96 bits per heavy atom. The van der Waals surface area contributed by atoms with Gasteiger partial charge in [-0.05, 0) is 24.3 Å². The molecule has 0 saturated carbocycles. The highest BCUT2D eigenvalue weighted by Gasteiger charge is 2.16. The van der Waals surface area contributed by atoms with Gasteiger partial charge in [0, 0.05) is 50.7 Å². The van der Waals surface area contributed by atoms with Crippen LogP contribution in [0.1, 0.15) is 0 Å². The maximum absolute atomic E-state index is 12.4. The molecule has 23 heavy (non-hydrogen) atoms. The lowest BCUT2D eigenvalue weighted by Crippen LogP contribution is -2.46. The largest absolute Gasteiger partial charge is 0.423 e. The Morgan fingerprint density at radius 3 is 2.74 bits per heavy atom. The van der Waals surface area contributed by atoms with Crippen LogP contribution in [0.4, 0.5) is 0 Å². The minimum absolute atomic E-state index is 0.166. The van der Waals surface area contributed by atoms with E-state index >= 15 is 0 Å². The van der Waals surface area contributed by atoms with Crippen LogP contribution in [0, 0.1) is 0 Å². The van der Waals surface area contributed by atoms with Gasteiger partial charge in [-0.15, -0.1) is 0 Å². The lowest BCUT2D eigenvalue weighted by atomic mass is 10.2. The number of fused-ring (bicyclic) bond motifs is 1. The zero-order valence-corrected chi connectivity index (χ0v) is 13.4. The summed E-state index contributed by atoms with van der Waals surface area (Å²) in [6.45, 7) is 4.77. The molecule has 0 aliphatic carbocycles. The third kappa shape index (κ3) is 3.97. The van der Waals surface area contributed by atoms with Crippen LogP contribution in [0.15, 0.2) is 44.4 Å². The predicted molar refractivity (Wildman–Crippen MR) is 87.0 cm³/mol. The lowest BCUT2D eigenvalue weighted by molar-refractivity contribution is 0.245. The molecule has 3 rings (SSSR count). The van der Waals surface area contributed by atoms with Crippen molar-refractivity contribution < 1.29 is 12.8 Å². The third-order valence-corrected chi connectivity index (χ3v) is 5.29. The average molecular weight is 337 g/mol. The van der Waals surface area contributed by atoms with E-state index in [1.54, 1.807) is 6.07 Å². The zero-order valence-electron chi connectivity index (χ0n) is 12.6. The highest BCUT2D eigenvalue weighted by Crippen LogP contribution is 2.17. The molecule has 1 aliphatic rings. The minimum Gasteiger partial charge on any atom is -0.423 e. The second kappa shape index (κ2) is 6.79. The van der Waals surface area contributed by atoms with Gasteiger partial charge in [-0.25, -0.2) is 17.9 Å². The molecule has 124 valence electrons. The van der Waals surface area contributed by atoms with Crippen molar-refractivity contribution in [2.45, 2.75) is 4.90 Å². The molecule has 1 aliphatic heterocycles. The molecule has 1 aromatic heterocycles. The standard InChI is InChI=1S/C15H19N3O4S/c19-15-4-1-12-11-13(2-3-14(12)22-15)23(20,21)17-7-10-18-8-5-16-6-9-18/h1-4,11,16-17H,5-10H2. The fraction of sp³-hybridized carbons (Fsp3) is 0.400. The summed E-state index contributed by atoms with van der Waals surface area (Å²) < 4.78 is 32.3.